The van der Waals surface area contributed by atoms with Crippen LogP contribution in [0.3, 0.4) is 0 Å². The summed E-state index contributed by atoms with van der Waals surface area (Å²) in [7, 11) is 3.29. The van der Waals surface area contributed by atoms with Crippen molar-refractivity contribution in [1.82, 2.24) is 4.90 Å². The van der Waals surface area contributed by atoms with E-state index in [0.717, 1.165) is 29.2 Å². The van der Waals surface area contributed by atoms with Crippen molar-refractivity contribution in [3.05, 3.63) is 77.4 Å². The number of fused-ring (bicyclic) bond motifs is 1. The van der Waals surface area contributed by atoms with Gasteiger partial charge in [0, 0.05) is 30.0 Å². The van der Waals surface area contributed by atoms with Crippen LogP contribution in [0.2, 0.25) is 0 Å². The maximum absolute atomic E-state index is 10.0. The number of phenols is 1. The van der Waals surface area contributed by atoms with E-state index in [1.807, 2.05) is 18.2 Å². The molecule has 3 aromatic carbocycles. The summed E-state index contributed by atoms with van der Waals surface area (Å²) in [4.78, 5) is 2.45. The van der Waals surface area contributed by atoms with Crippen molar-refractivity contribution in [1.29, 1.82) is 0 Å². The molecule has 184 valence electrons. The summed E-state index contributed by atoms with van der Waals surface area (Å²) in [5.74, 6) is 3.32. The van der Waals surface area contributed by atoms with Gasteiger partial charge < -0.3 is 24.1 Å². The van der Waals surface area contributed by atoms with Crippen molar-refractivity contribution < 1.29 is 24.1 Å². The highest BCUT2D eigenvalue weighted by molar-refractivity contribution is 5.52. The lowest BCUT2D eigenvalue weighted by molar-refractivity contribution is 0.237. The predicted octanol–water partition coefficient (Wildman–Crippen LogP) is 5.19. The van der Waals surface area contributed by atoms with Crippen molar-refractivity contribution >= 4 is 0 Å². The van der Waals surface area contributed by atoms with Gasteiger partial charge in [0.2, 0.25) is 0 Å². The van der Waals surface area contributed by atoms with E-state index in [1.54, 1.807) is 26.4 Å². The number of methoxy groups -OCH3 is 2. The molecule has 1 saturated heterocycles. The van der Waals surface area contributed by atoms with Gasteiger partial charge in [0.05, 0.1) is 20.8 Å². The summed E-state index contributed by atoms with van der Waals surface area (Å²) < 4.78 is 23.2. The SMILES string of the molecule is COc1ccc(C2COc3cc(O)ccc3C2c2ccc(OCCN3CCCC3)cc2)cc1OC. The Morgan fingerprint density at radius 2 is 1.63 bits per heavy atom. The number of rotatable bonds is 8. The summed E-state index contributed by atoms with van der Waals surface area (Å²) in [6.07, 6.45) is 2.58. The minimum atomic E-state index is 0.0519. The van der Waals surface area contributed by atoms with Crippen molar-refractivity contribution in [2.24, 2.45) is 0 Å². The number of likely N-dealkylation sites (tertiary alicyclic amines) is 1. The summed E-state index contributed by atoms with van der Waals surface area (Å²) in [5, 5.41) is 10.0. The molecule has 2 aliphatic heterocycles. The predicted molar refractivity (Wildman–Crippen MR) is 135 cm³/mol. The number of benzene rings is 3. The molecule has 0 aliphatic carbocycles. The molecule has 2 unspecified atom stereocenters. The number of ether oxygens (including phenoxy) is 4. The molecule has 1 fully saturated rings. The van der Waals surface area contributed by atoms with E-state index in [-0.39, 0.29) is 17.6 Å². The molecule has 3 aromatic rings. The van der Waals surface area contributed by atoms with Crippen LogP contribution in [-0.2, 0) is 0 Å². The Bertz CT molecular complexity index is 1140. The Morgan fingerprint density at radius 1 is 0.886 bits per heavy atom. The van der Waals surface area contributed by atoms with E-state index >= 15 is 0 Å². The second kappa shape index (κ2) is 10.5. The molecule has 0 saturated carbocycles. The van der Waals surface area contributed by atoms with Gasteiger partial charge >= 0.3 is 0 Å². The summed E-state index contributed by atoms with van der Waals surface area (Å²) in [5.41, 5.74) is 3.33. The maximum Gasteiger partial charge on any atom is 0.160 e. The van der Waals surface area contributed by atoms with Crippen LogP contribution in [-0.4, -0.2) is 57.1 Å². The fraction of sp³-hybridized carbons (Fsp3) is 0.379. The van der Waals surface area contributed by atoms with Crippen molar-refractivity contribution in [2.75, 3.05) is 47.1 Å². The minimum absolute atomic E-state index is 0.0519. The van der Waals surface area contributed by atoms with Gasteiger partial charge in [-0.1, -0.05) is 24.3 Å². The first-order valence-corrected chi connectivity index (χ1v) is 12.3. The quantitative estimate of drug-likeness (QED) is 0.484. The smallest absolute Gasteiger partial charge is 0.160 e. The van der Waals surface area contributed by atoms with Crippen LogP contribution in [0, 0.1) is 0 Å². The number of hydrogen-bond acceptors (Lipinski definition) is 6. The van der Waals surface area contributed by atoms with Gasteiger partial charge in [-0.25, -0.2) is 0 Å². The van der Waals surface area contributed by atoms with Crippen molar-refractivity contribution in [2.45, 2.75) is 24.7 Å². The van der Waals surface area contributed by atoms with Gasteiger partial charge in [0.25, 0.3) is 0 Å². The third-order valence-electron chi connectivity index (χ3n) is 7.10. The van der Waals surface area contributed by atoms with Crippen LogP contribution >= 0.6 is 0 Å². The lowest BCUT2D eigenvalue weighted by Crippen LogP contribution is -2.25. The number of aromatic hydroxyl groups is 1. The molecule has 35 heavy (non-hydrogen) atoms. The summed E-state index contributed by atoms with van der Waals surface area (Å²) >= 11 is 0. The average Bonchev–Trinajstić information content (AvgIpc) is 3.41. The number of nitrogens with zero attached hydrogens (tertiary/aromatic N) is 1. The van der Waals surface area contributed by atoms with Crippen molar-refractivity contribution in [3.63, 3.8) is 0 Å². The molecule has 5 rings (SSSR count). The zero-order chi connectivity index (χ0) is 24.2. The summed E-state index contributed by atoms with van der Waals surface area (Å²) in [6, 6.07) is 19.8. The summed E-state index contributed by atoms with van der Waals surface area (Å²) in [6.45, 7) is 4.52. The number of hydrogen-bond donors (Lipinski definition) is 1. The highest BCUT2D eigenvalue weighted by Crippen LogP contribution is 2.48. The largest absolute Gasteiger partial charge is 0.508 e. The highest BCUT2D eigenvalue weighted by Gasteiger charge is 2.34. The monoisotopic (exact) mass is 475 g/mol. The van der Waals surface area contributed by atoms with E-state index in [4.69, 9.17) is 18.9 Å². The van der Waals surface area contributed by atoms with Gasteiger partial charge in [0.15, 0.2) is 11.5 Å². The van der Waals surface area contributed by atoms with Crippen LogP contribution in [0.15, 0.2) is 60.7 Å². The Kier molecular flexibility index (Phi) is 7.00. The molecule has 0 spiro atoms. The fourth-order valence-electron chi connectivity index (χ4n) is 5.25. The third-order valence-corrected chi connectivity index (χ3v) is 7.10. The molecule has 6 heteroatoms. The van der Waals surface area contributed by atoms with Crippen LogP contribution in [0.1, 0.15) is 41.4 Å². The topological polar surface area (TPSA) is 60.4 Å². The van der Waals surface area contributed by atoms with Gasteiger partial charge in [-0.05, 0) is 67.4 Å². The van der Waals surface area contributed by atoms with E-state index < -0.39 is 0 Å². The Hall–Kier alpha value is -3.38. The van der Waals surface area contributed by atoms with Crippen molar-refractivity contribution in [3.8, 4) is 28.7 Å². The van der Waals surface area contributed by atoms with Gasteiger partial charge in [-0.15, -0.1) is 0 Å². The molecule has 2 aliphatic rings. The van der Waals surface area contributed by atoms with Crippen LogP contribution in [0.25, 0.3) is 0 Å². The molecule has 1 N–H and O–H groups in total. The molecule has 0 aromatic heterocycles. The second-order valence-electron chi connectivity index (χ2n) is 9.20. The van der Waals surface area contributed by atoms with E-state index in [2.05, 4.69) is 35.2 Å². The number of phenolic OH excluding ortho intramolecular Hbond substituents is 1. The fourth-order valence-corrected chi connectivity index (χ4v) is 5.25. The first-order chi connectivity index (χ1) is 17.2. The first-order valence-electron chi connectivity index (χ1n) is 12.3. The molecule has 6 nitrogen and oxygen atoms in total. The molecule has 0 radical (unpaired) electrons. The van der Waals surface area contributed by atoms with Crippen LogP contribution in [0.5, 0.6) is 28.7 Å². The maximum atomic E-state index is 10.0. The van der Waals surface area contributed by atoms with Gasteiger partial charge in [-0.2, -0.15) is 0 Å². The molecular formula is C29H33NO5. The molecule has 0 amide bonds. The molecular weight excluding hydrogens is 442 g/mol. The lowest BCUT2D eigenvalue weighted by atomic mass is 9.76. The first kappa shape index (κ1) is 23.4. The molecule has 2 heterocycles. The Morgan fingerprint density at radius 3 is 2.37 bits per heavy atom. The van der Waals surface area contributed by atoms with E-state index in [0.29, 0.717) is 24.7 Å². The van der Waals surface area contributed by atoms with E-state index in [9.17, 15) is 5.11 Å². The Labute approximate surface area is 207 Å². The second-order valence-corrected chi connectivity index (χ2v) is 9.20. The lowest BCUT2D eigenvalue weighted by Gasteiger charge is -2.35. The minimum Gasteiger partial charge on any atom is -0.508 e. The third kappa shape index (κ3) is 5.03. The molecule has 0 bridgehead atoms. The Balaban J connectivity index is 1.42. The van der Waals surface area contributed by atoms with Gasteiger partial charge in [-0.3, -0.25) is 4.90 Å². The van der Waals surface area contributed by atoms with E-state index in [1.165, 1.54) is 31.5 Å². The average molecular weight is 476 g/mol. The standard InChI is InChI=1S/C29H33NO5/c1-32-26-12-7-21(17-28(26)33-2)25-19-35-27-18-22(31)8-11-24(27)29(25)20-5-9-23(10-6-20)34-16-15-30-13-3-4-14-30/h5-12,17-18,25,29,31H,3-4,13-16,19H2,1-2H3. The molecule has 2 atom stereocenters. The zero-order valence-corrected chi connectivity index (χ0v) is 20.4. The zero-order valence-electron chi connectivity index (χ0n) is 20.4. The van der Waals surface area contributed by atoms with Crippen LogP contribution in [0.4, 0.5) is 0 Å². The van der Waals surface area contributed by atoms with Crippen LogP contribution < -0.4 is 18.9 Å². The van der Waals surface area contributed by atoms with Gasteiger partial charge in [0.1, 0.15) is 23.9 Å². The normalized spacial score (nSPS) is 19.6. The highest BCUT2D eigenvalue weighted by atomic mass is 16.5.